The Kier molecular flexibility index (Phi) is 4.42. The normalized spacial score (nSPS) is 14.4. The van der Waals surface area contributed by atoms with Crippen LogP contribution in [-0.2, 0) is 13.6 Å². The van der Waals surface area contributed by atoms with E-state index in [0.717, 1.165) is 48.1 Å². The third-order valence-electron chi connectivity index (χ3n) is 5.30. The van der Waals surface area contributed by atoms with Crippen molar-refractivity contribution < 1.29 is 0 Å². The smallest absolute Gasteiger partial charge is 0.329 e. The van der Waals surface area contributed by atoms with Gasteiger partial charge in [-0.1, -0.05) is 23.9 Å². The van der Waals surface area contributed by atoms with E-state index in [0.29, 0.717) is 23.5 Å². The minimum absolute atomic E-state index is 0.394. The number of anilines is 1. The number of thioether (sulfide) groups is 1. The van der Waals surface area contributed by atoms with Crippen molar-refractivity contribution in [2.45, 2.75) is 24.5 Å². The summed E-state index contributed by atoms with van der Waals surface area (Å²) in [5, 5.41) is 0.847. The number of benzene rings is 1. The Morgan fingerprint density at radius 3 is 2.69 bits per heavy atom. The van der Waals surface area contributed by atoms with Crippen LogP contribution in [0.2, 0.25) is 0 Å². The molecular weight excluding hydrogens is 390 g/mol. The highest BCUT2D eigenvalue weighted by Gasteiger charge is 2.23. The van der Waals surface area contributed by atoms with Gasteiger partial charge in [0.1, 0.15) is 0 Å². The van der Waals surface area contributed by atoms with Gasteiger partial charge in [-0.25, -0.2) is 9.78 Å². The van der Waals surface area contributed by atoms with E-state index in [9.17, 15) is 9.59 Å². The van der Waals surface area contributed by atoms with Crippen LogP contribution in [0.4, 0.5) is 5.95 Å². The van der Waals surface area contributed by atoms with Crippen molar-refractivity contribution in [3.05, 3.63) is 45.1 Å². The van der Waals surface area contributed by atoms with Gasteiger partial charge >= 0.3 is 5.69 Å². The topological polar surface area (TPSA) is 105 Å². The van der Waals surface area contributed by atoms with Crippen molar-refractivity contribution in [3.63, 3.8) is 0 Å². The summed E-state index contributed by atoms with van der Waals surface area (Å²) in [6.07, 6.45) is 2.21. The molecule has 0 atom stereocenters. The van der Waals surface area contributed by atoms with Crippen LogP contribution in [0.3, 0.4) is 0 Å². The SMILES string of the molecule is Cn1c(=O)[nH]c(=O)c2c1nc(N1CCCC1)n2CCSc1nc2ccccc2[nH]1. The highest BCUT2D eigenvalue weighted by molar-refractivity contribution is 7.99. The van der Waals surface area contributed by atoms with Gasteiger partial charge in [-0.2, -0.15) is 4.98 Å². The molecule has 4 aromatic rings. The first-order valence-corrected chi connectivity index (χ1v) is 10.6. The number of H-pyrrole nitrogens is 2. The molecule has 1 aliphatic rings. The number of aryl methyl sites for hydroxylation is 2. The van der Waals surface area contributed by atoms with Crippen LogP contribution in [-0.4, -0.2) is 47.9 Å². The number of aromatic nitrogens is 6. The largest absolute Gasteiger partial charge is 0.342 e. The number of rotatable bonds is 5. The fourth-order valence-electron chi connectivity index (χ4n) is 3.82. The third kappa shape index (κ3) is 3.13. The lowest BCUT2D eigenvalue weighted by molar-refractivity contribution is 0.752. The Bertz CT molecular complexity index is 1280. The van der Waals surface area contributed by atoms with E-state index in [1.165, 1.54) is 4.57 Å². The molecule has 0 bridgehead atoms. The zero-order valence-corrected chi connectivity index (χ0v) is 16.8. The van der Waals surface area contributed by atoms with Gasteiger partial charge in [0.25, 0.3) is 5.56 Å². The van der Waals surface area contributed by atoms with Crippen LogP contribution in [0.15, 0.2) is 39.0 Å². The number of fused-ring (bicyclic) bond motifs is 2. The van der Waals surface area contributed by atoms with Gasteiger partial charge in [0.15, 0.2) is 16.3 Å². The lowest BCUT2D eigenvalue weighted by Crippen LogP contribution is -2.29. The molecule has 0 spiro atoms. The van der Waals surface area contributed by atoms with Crippen LogP contribution in [0.1, 0.15) is 12.8 Å². The van der Waals surface area contributed by atoms with Gasteiger partial charge in [-0.3, -0.25) is 14.3 Å². The summed E-state index contributed by atoms with van der Waals surface area (Å²) in [5.41, 5.74) is 1.97. The van der Waals surface area contributed by atoms with Crippen molar-refractivity contribution in [2.75, 3.05) is 23.7 Å². The molecule has 5 rings (SSSR count). The molecule has 0 saturated carbocycles. The Balaban J connectivity index is 1.49. The molecule has 29 heavy (non-hydrogen) atoms. The first-order valence-electron chi connectivity index (χ1n) is 9.64. The maximum absolute atomic E-state index is 12.6. The number of hydrogen-bond acceptors (Lipinski definition) is 6. The first kappa shape index (κ1) is 18.0. The molecule has 1 saturated heterocycles. The minimum Gasteiger partial charge on any atom is -0.342 e. The van der Waals surface area contributed by atoms with Crippen LogP contribution in [0.25, 0.3) is 22.2 Å². The Labute approximate surface area is 169 Å². The summed E-state index contributed by atoms with van der Waals surface area (Å²) in [6, 6.07) is 7.92. The highest BCUT2D eigenvalue weighted by atomic mass is 32.2. The van der Waals surface area contributed by atoms with Gasteiger partial charge < -0.3 is 14.5 Å². The number of imidazole rings is 2. The first-order chi connectivity index (χ1) is 14.1. The van der Waals surface area contributed by atoms with E-state index in [4.69, 9.17) is 0 Å². The van der Waals surface area contributed by atoms with Crippen LogP contribution >= 0.6 is 11.8 Å². The fourth-order valence-corrected chi connectivity index (χ4v) is 4.64. The Hall–Kier alpha value is -3.01. The van der Waals surface area contributed by atoms with E-state index >= 15 is 0 Å². The zero-order chi connectivity index (χ0) is 20.0. The van der Waals surface area contributed by atoms with E-state index in [-0.39, 0.29) is 0 Å². The quantitative estimate of drug-likeness (QED) is 0.484. The van der Waals surface area contributed by atoms with E-state index < -0.39 is 11.2 Å². The molecule has 4 heterocycles. The molecule has 1 fully saturated rings. The summed E-state index contributed by atoms with van der Waals surface area (Å²) in [6.45, 7) is 2.41. The molecular formula is C19H21N7O2S. The van der Waals surface area contributed by atoms with Crippen LogP contribution in [0, 0.1) is 0 Å². The Morgan fingerprint density at radius 1 is 1.10 bits per heavy atom. The van der Waals surface area contributed by atoms with Crippen molar-refractivity contribution in [2.24, 2.45) is 7.05 Å². The van der Waals surface area contributed by atoms with Crippen LogP contribution in [0.5, 0.6) is 0 Å². The summed E-state index contributed by atoms with van der Waals surface area (Å²) in [5.74, 6) is 1.48. The summed E-state index contributed by atoms with van der Waals surface area (Å²) >= 11 is 1.60. The molecule has 150 valence electrons. The molecule has 0 radical (unpaired) electrons. The molecule has 3 aromatic heterocycles. The second kappa shape index (κ2) is 7.11. The fraction of sp³-hybridized carbons (Fsp3) is 0.368. The predicted octanol–water partition coefficient (Wildman–Crippen LogP) is 1.69. The number of nitrogens with zero attached hydrogens (tertiary/aromatic N) is 5. The molecule has 0 amide bonds. The zero-order valence-electron chi connectivity index (χ0n) is 16.0. The molecule has 1 aliphatic heterocycles. The van der Waals surface area contributed by atoms with Gasteiger partial charge in [0.2, 0.25) is 5.95 Å². The minimum atomic E-state index is -0.447. The maximum atomic E-state index is 12.6. The lowest BCUT2D eigenvalue weighted by atomic mass is 10.3. The number of aromatic amines is 2. The average molecular weight is 411 g/mol. The average Bonchev–Trinajstić information content (AvgIpc) is 3.44. The van der Waals surface area contributed by atoms with E-state index in [2.05, 4.69) is 24.8 Å². The molecule has 10 heteroatoms. The standard InChI is InChI=1S/C19H21N7O2S/c1-24-15-14(16(27)23-19(24)28)26(18(22-15)25-8-4-5-9-25)10-11-29-17-20-12-6-2-3-7-13(12)21-17/h2-3,6-7H,4-5,8-11H2,1H3,(H,20,21)(H,23,27,28). The molecule has 9 nitrogen and oxygen atoms in total. The van der Waals surface area contributed by atoms with Crippen molar-refractivity contribution in [1.29, 1.82) is 0 Å². The predicted molar refractivity (Wildman–Crippen MR) is 114 cm³/mol. The van der Waals surface area contributed by atoms with Crippen molar-refractivity contribution in [3.8, 4) is 0 Å². The van der Waals surface area contributed by atoms with Gasteiger partial charge in [-0.15, -0.1) is 0 Å². The molecule has 0 aliphatic carbocycles. The summed E-state index contributed by atoms with van der Waals surface area (Å²) in [7, 11) is 1.63. The van der Waals surface area contributed by atoms with Gasteiger partial charge in [-0.05, 0) is 25.0 Å². The van der Waals surface area contributed by atoms with Crippen molar-refractivity contribution in [1.82, 2.24) is 29.1 Å². The maximum Gasteiger partial charge on any atom is 0.329 e. The van der Waals surface area contributed by atoms with Gasteiger partial charge in [0, 0.05) is 32.4 Å². The highest BCUT2D eigenvalue weighted by Crippen LogP contribution is 2.25. The van der Waals surface area contributed by atoms with Crippen molar-refractivity contribution >= 4 is 39.9 Å². The number of nitrogens with one attached hydrogen (secondary N) is 2. The molecule has 1 aromatic carbocycles. The van der Waals surface area contributed by atoms with E-state index in [1.807, 2.05) is 28.8 Å². The monoisotopic (exact) mass is 411 g/mol. The number of hydrogen-bond donors (Lipinski definition) is 2. The second-order valence-corrected chi connectivity index (χ2v) is 8.24. The van der Waals surface area contributed by atoms with E-state index in [1.54, 1.807) is 18.8 Å². The third-order valence-corrected chi connectivity index (χ3v) is 6.15. The molecule has 0 unspecified atom stereocenters. The summed E-state index contributed by atoms with van der Waals surface area (Å²) < 4.78 is 3.34. The Morgan fingerprint density at radius 2 is 1.90 bits per heavy atom. The van der Waals surface area contributed by atoms with Gasteiger partial charge in [0.05, 0.1) is 11.0 Å². The number of para-hydroxylation sites is 2. The lowest BCUT2D eigenvalue weighted by Gasteiger charge is -2.18. The van der Waals surface area contributed by atoms with Crippen LogP contribution < -0.4 is 16.1 Å². The summed E-state index contributed by atoms with van der Waals surface area (Å²) in [4.78, 5) is 41.8. The second-order valence-electron chi connectivity index (χ2n) is 7.16. The molecule has 2 N–H and O–H groups in total.